The van der Waals surface area contributed by atoms with Gasteiger partial charge < -0.3 is 19.0 Å². The Kier molecular flexibility index (Phi) is 11.3. The van der Waals surface area contributed by atoms with Gasteiger partial charge in [-0.25, -0.2) is 23.5 Å². The number of hydrogen-bond donors (Lipinski definition) is 0. The standard InChI is InChI=1S/C43H51ClFN5O4Si/c1-28(2)33-22-16-17-30(27-53-55(43(7,8)9,31-18-12-10-13-19-31)32-20-14-11-15-21-32)36(33)50-39-34(25-35(45)37(44)46-39)38(47-40(50)51)49-24-23-48(26-29(49)3)41(52)54-42(4,5)6/h10-22,25,28-29H,23-24,26-27H2,1-9H3/t29-/m0/s1. The minimum Gasteiger partial charge on any atom is -0.444 e. The third-order valence-corrected chi connectivity index (χ3v) is 15.4. The largest absolute Gasteiger partial charge is 0.444 e. The molecule has 1 fully saturated rings. The molecule has 0 spiro atoms. The van der Waals surface area contributed by atoms with Crippen molar-refractivity contribution in [1.82, 2.24) is 19.4 Å². The minimum absolute atomic E-state index is 0.0127. The number of halogens is 2. The van der Waals surface area contributed by atoms with Gasteiger partial charge >= 0.3 is 11.8 Å². The Morgan fingerprint density at radius 2 is 1.55 bits per heavy atom. The van der Waals surface area contributed by atoms with Crippen LogP contribution in [0.3, 0.4) is 0 Å². The Balaban J connectivity index is 1.50. The van der Waals surface area contributed by atoms with Crippen molar-refractivity contribution in [2.75, 3.05) is 24.5 Å². The van der Waals surface area contributed by atoms with Crippen molar-refractivity contribution < 1.29 is 18.3 Å². The number of anilines is 1. The van der Waals surface area contributed by atoms with Crippen LogP contribution < -0.4 is 21.0 Å². The summed E-state index contributed by atoms with van der Waals surface area (Å²) in [5.74, 6) is -0.459. The molecule has 1 atom stereocenters. The van der Waals surface area contributed by atoms with Gasteiger partial charge in [0.1, 0.15) is 11.4 Å². The van der Waals surface area contributed by atoms with Crippen LogP contribution in [0.1, 0.15) is 79.4 Å². The van der Waals surface area contributed by atoms with Crippen molar-refractivity contribution in [1.29, 1.82) is 0 Å². The zero-order valence-electron chi connectivity index (χ0n) is 33.2. The van der Waals surface area contributed by atoms with Gasteiger partial charge in [-0.2, -0.15) is 4.98 Å². The van der Waals surface area contributed by atoms with Crippen LogP contribution >= 0.6 is 11.6 Å². The molecule has 1 saturated heterocycles. The molecule has 1 aliphatic heterocycles. The fourth-order valence-electron chi connectivity index (χ4n) is 7.68. The monoisotopic (exact) mass is 783 g/mol. The van der Waals surface area contributed by atoms with Crippen LogP contribution in [0.4, 0.5) is 15.0 Å². The van der Waals surface area contributed by atoms with E-state index < -0.39 is 31.5 Å². The average molecular weight is 784 g/mol. The number of amides is 1. The maximum atomic E-state index is 15.4. The number of piperazine rings is 1. The number of nitrogens with zero attached hydrogens (tertiary/aromatic N) is 5. The molecule has 5 aromatic rings. The molecule has 0 radical (unpaired) electrons. The van der Waals surface area contributed by atoms with E-state index in [1.165, 1.54) is 10.6 Å². The molecule has 55 heavy (non-hydrogen) atoms. The third kappa shape index (κ3) is 7.92. The Morgan fingerprint density at radius 3 is 2.09 bits per heavy atom. The van der Waals surface area contributed by atoms with Gasteiger partial charge in [-0.1, -0.05) is 125 Å². The second-order valence-electron chi connectivity index (χ2n) is 16.6. The average Bonchev–Trinajstić information content (AvgIpc) is 3.12. The lowest BCUT2D eigenvalue weighted by Crippen LogP contribution is -2.66. The second-order valence-corrected chi connectivity index (χ2v) is 21.3. The minimum atomic E-state index is -2.98. The summed E-state index contributed by atoms with van der Waals surface area (Å²) >= 11 is 6.41. The van der Waals surface area contributed by atoms with Crippen LogP contribution in [0.25, 0.3) is 16.7 Å². The fraction of sp³-hybridized carbons (Fsp3) is 0.395. The number of rotatable bonds is 8. The van der Waals surface area contributed by atoms with E-state index in [0.717, 1.165) is 21.5 Å². The molecule has 3 heterocycles. The molecular formula is C43H51ClFN5O4Si. The Labute approximate surface area is 329 Å². The highest BCUT2D eigenvalue weighted by Crippen LogP contribution is 2.39. The second kappa shape index (κ2) is 15.5. The van der Waals surface area contributed by atoms with Crippen LogP contribution in [-0.2, 0) is 15.8 Å². The number of pyridine rings is 1. The molecule has 6 rings (SSSR count). The molecular weight excluding hydrogens is 733 g/mol. The van der Waals surface area contributed by atoms with Gasteiger partial charge in [0.25, 0.3) is 8.32 Å². The van der Waals surface area contributed by atoms with Crippen molar-refractivity contribution in [3.8, 4) is 5.69 Å². The number of carbonyl (C=O) groups excluding carboxylic acids is 1. The quantitative estimate of drug-likeness (QED) is 0.116. The van der Waals surface area contributed by atoms with E-state index in [1.807, 2.05) is 87.2 Å². The summed E-state index contributed by atoms with van der Waals surface area (Å²) in [6.07, 6.45) is -0.412. The highest BCUT2D eigenvalue weighted by Gasteiger charge is 2.50. The predicted octanol–water partition coefficient (Wildman–Crippen LogP) is 8.22. The van der Waals surface area contributed by atoms with Gasteiger partial charge in [0.05, 0.1) is 17.7 Å². The summed E-state index contributed by atoms with van der Waals surface area (Å²) in [5.41, 5.74) is 1.18. The summed E-state index contributed by atoms with van der Waals surface area (Å²) in [7, 11) is -2.98. The van der Waals surface area contributed by atoms with Crippen LogP contribution in [0, 0.1) is 5.82 Å². The van der Waals surface area contributed by atoms with Crippen LogP contribution in [0.5, 0.6) is 0 Å². The molecule has 3 aromatic carbocycles. The number of fused-ring (bicyclic) bond motifs is 1. The highest BCUT2D eigenvalue weighted by molar-refractivity contribution is 6.99. The first kappa shape index (κ1) is 40.1. The van der Waals surface area contributed by atoms with Gasteiger partial charge in [-0.05, 0) is 60.7 Å². The van der Waals surface area contributed by atoms with E-state index in [9.17, 15) is 9.59 Å². The Morgan fingerprint density at radius 1 is 0.927 bits per heavy atom. The van der Waals surface area contributed by atoms with Gasteiger partial charge in [0, 0.05) is 31.2 Å². The van der Waals surface area contributed by atoms with E-state index >= 15 is 4.39 Å². The first-order valence-corrected chi connectivity index (χ1v) is 21.1. The molecule has 0 unspecified atom stereocenters. The van der Waals surface area contributed by atoms with E-state index in [0.29, 0.717) is 30.7 Å². The fourth-order valence-corrected chi connectivity index (χ4v) is 12.3. The Bertz CT molecular complexity index is 2200. The van der Waals surface area contributed by atoms with Crippen molar-refractivity contribution in [2.45, 2.75) is 91.5 Å². The topological polar surface area (TPSA) is 89.8 Å². The highest BCUT2D eigenvalue weighted by atomic mass is 35.5. The molecule has 1 amide bonds. The molecule has 2 aromatic heterocycles. The molecule has 0 bridgehead atoms. The van der Waals surface area contributed by atoms with Crippen molar-refractivity contribution in [3.05, 3.63) is 118 Å². The van der Waals surface area contributed by atoms with Gasteiger partial charge in [0.15, 0.2) is 16.6 Å². The summed E-state index contributed by atoms with van der Waals surface area (Å²) < 4.78 is 29.9. The van der Waals surface area contributed by atoms with E-state index in [4.69, 9.17) is 20.8 Å². The lowest BCUT2D eigenvalue weighted by molar-refractivity contribution is 0.0218. The number of hydrogen-bond acceptors (Lipinski definition) is 7. The zero-order chi connectivity index (χ0) is 39.9. The first-order chi connectivity index (χ1) is 25.9. The Hall–Kier alpha value is -4.58. The number of carbonyl (C=O) groups is 1. The maximum absolute atomic E-state index is 15.4. The summed E-state index contributed by atoms with van der Waals surface area (Å²) in [5, 5.41) is 1.96. The number of ether oxygens (including phenoxy) is 1. The SMILES string of the molecule is CC(C)c1cccc(CO[Si](c2ccccc2)(c2ccccc2)C(C)(C)C)c1-n1c(=O)nc(N2CCN(C(=O)OC(C)(C)C)C[C@@H]2C)c2cc(F)c(Cl)nc21. The molecule has 9 nitrogen and oxygen atoms in total. The van der Waals surface area contributed by atoms with E-state index in [-0.39, 0.29) is 40.2 Å². The van der Waals surface area contributed by atoms with Gasteiger partial charge in [-0.3, -0.25) is 0 Å². The molecule has 1 aliphatic rings. The summed E-state index contributed by atoms with van der Waals surface area (Å²) in [6, 6.07) is 27.7. The number of benzene rings is 3. The first-order valence-electron chi connectivity index (χ1n) is 18.8. The number of aromatic nitrogens is 3. The maximum Gasteiger partial charge on any atom is 0.410 e. The molecule has 12 heteroatoms. The van der Waals surface area contributed by atoms with E-state index in [2.05, 4.69) is 68.9 Å². The summed E-state index contributed by atoms with van der Waals surface area (Å²) in [4.78, 5) is 40.3. The zero-order valence-corrected chi connectivity index (χ0v) is 34.9. The molecule has 0 N–H and O–H groups in total. The van der Waals surface area contributed by atoms with Gasteiger partial charge in [0.2, 0.25) is 0 Å². The lowest BCUT2D eigenvalue weighted by atomic mass is 9.97. The molecule has 290 valence electrons. The smallest absolute Gasteiger partial charge is 0.410 e. The molecule has 0 aliphatic carbocycles. The summed E-state index contributed by atoms with van der Waals surface area (Å²) in [6.45, 7) is 19.4. The van der Waals surface area contributed by atoms with Crippen molar-refractivity contribution in [2.24, 2.45) is 0 Å². The third-order valence-electron chi connectivity index (χ3n) is 10.2. The normalized spacial score (nSPS) is 15.5. The van der Waals surface area contributed by atoms with Crippen LogP contribution in [0.15, 0.2) is 89.7 Å². The van der Waals surface area contributed by atoms with Gasteiger partial charge in [-0.15, -0.1) is 0 Å². The van der Waals surface area contributed by atoms with Crippen molar-refractivity contribution in [3.63, 3.8) is 0 Å². The molecule has 0 saturated carbocycles. The predicted molar refractivity (Wildman–Crippen MR) is 221 cm³/mol. The van der Waals surface area contributed by atoms with Crippen LogP contribution in [0.2, 0.25) is 10.2 Å². The number of para-hydroxylation sites is 1. The van der Waals surface area contributed by atoms with Crippen LogP contribution in [-0.4, -0.2) is 65.1 Å². The van der Waals surface area contributed by atoms with Crippen molar-refractivity contribution >= 4 is 53.2 Å². The van der Waals surface area contributed by atoms with E-state index in [1.54, 1.807) is 4.90 Å². The lowest BCUT2D eigenvalue weighted by Gasteiger charge is -2.43.